The maximum Gasteiger partial charge on any atom is 0.342 e. The van der Waals surface area contributed by atoms with Gasteiger partial charge in [-0.15, -0.1) is 0 Å². The third-order valence-corrected chi connectivity index (χ3v) is 4.39. The molecule has 6 heteroatoms. The molecule has 0 radical (unpaired) electrons. The molecule has 1 aromatic rings. The Morgan fingerprint density at radius 1 is 1.35 bits per heavy atom. The second-order valence-corrected chi connectivity index (χ2v) is 6.71. The molecule has 0 saturated heterocycles. The molecular weight excluding hydrogens is 336 g/mol. The Morgan fingerprint density at radius 3 is 2.65 bits per heavy atom. The lowest BCUT2D eigenvalue weighted by Gasteiger charge is -2.15. The van der Waals surface area contributed by atoms with Gasteiger partial charge in [-0.1, -0.05) is 11.6 Å². The number of hydrogen-bond acceptors (Lipinski definition) is 6. The van der Waals surface area contributed by atoms with Gasteiger partial charge in [0.25, 0.3) is 0 Å². The minimum Gasteiger partial charge on any atom is -0.507 e. The second kappa shape index (κ2) is 8.25. The fraction of sp³-hybridized carbons (Fsp3) is 0.500. The highest BCUT2D eigenvalue weighted by Crippen LogP contribution is 2.42. The maximum atomic E-state index is 11.9. The average molecular weight is 362 g/mol. The monoisotopic (exact) mass is 362 g/mol. The van der Waals surface area contributed by atoms with Gasteiger partial charge in [-0.2, -0.15) is 0 Å². The molecule has 6 nitrogen and oxygen atoms in total. The Morgan fingerprint density at radius 2 is 2.04 bits per heavy atom. The summed E-state index contributed by atoms with van der Waals surface area (Å²) in [6.45, 7) is 7.55. The van der Waals surface area contributed by atoms with Crippen LogP contribution in [0.1, 0.15) is 60.7 Å². The Bertz CT molecular complexity index is 745. The Kier molecular flexibility index (Phi) is 6.29. The smallest absolute Gasteiger partial charge is 0.342 e. The molecule has 1 heterocycles. The lowest BCUT2D eigenvalue weighted by Crippen LogP contribution is -2.11. The van der Waals surface area contributed by atoms with Gasteiger partial charge in [0.15, 0.2) is 0 Å². The van der Waals surface area contributed by atoms with Crippen LogP contribution in [0.2, 0.25) is 0 Å². The van der Waals surface area contributed by atoms with Crippen LogP contribution < -0.4 is 4.74 Å². The second-order valence-electron chi connectivity index (χ2n) is 6.71. The number of fused-ring (bicyclic) bond motifs is 1. The molecule has 2 rings (SSSR count). The van der Waals surface area contributed by atoms with Gasteiger partial charge in [0.05, 0.1) is 13.2 Å². The molecular formula is C20H26O6. The molecule has 142 valence electrons. The molecule has 0 fully saturated rings. The molecule has 1 aliphatic heterocycles. The van der Waals surface area contributed by atoms with Crippen molar-refractivity contribution in [3.05, 3.63) is 33.9 Å². The first-order valence-electron chi connectivity index (χ1n) is 8.69. The van der Waals surface area contributed by atoms with E-state index in [1.54, 1.807) is 0 Å². The molecule has 1 N–H and O–H groups in total. The summed E-state index contributed by atoms with van der Waals surface area (Å²) in [5.41, 5.74) is 3.24. The van der Waals surface area contributed by atoms with Gasteiger partial charge >= 0.3 is 11.9 Å². The Balaban J connectivity index is 2.19. The first-order valence-corrected chi connectivity index (χ1v) is 8.69. The predicted octanol–water partition coefficient (Wildman–Crippen LogP) is 3.60. The zero-order valence-corrected chi connectivity index (χ0v) is 16.0. The number of phenols is 1. The molecule has 0 bridgehead atoms. The van der Waals surface area contributed by atoms with Crippen molar-refractivity contribution >= 4 is 11.9 Å². The van der Waals surface area contributed by atoms with E-state index in [-0.39, 0.29) is 30.0 Å². The highest BCUT2D eigenvalue weighted by Gasteiger charge is 2.31. The number of phenolic OH excluding ortho intramolecular Hbond substituents is 1. The van der Waals surface area contributed by atoms with E-state index >= 15 is 0 Å². The van der Waals surface area contributed by atoms with E-state index in [2.05, 4.69) is 0 Å². The number of carbonyl (C=O) groups is 2. The number of esters is 2. The molecule has 1 aromatic carbocycles. The number of carbonyl (C=O) groups excluding carboxylic acids is 2. The van der Waals surface area contributed by atoms with Gasteiger partial charge in [0.2, 0.25) is 0 Å². The normalized spacial score (nSPS) is 13.6. The number of aromatic hydroxyl groups is 1. The van der Waals surface area contributed by atoms with Crippen LogP contribution in [-0.2, 0) is 27.3 Å². The van der Waals surface area contributed by atoms with Crippen LogP contribution >= 0.6 is 0 Å². The van der Waals surface area contributed by atoms with Gasteiger partial charge in [-0.05, 0) is 46.1 Å². The molecule has 1 aliphatic rings. The molecule has 0 amide bonds. The fourth-order valence-corrected chi connectivity index (χ4v) is 3.03. The van der Waals surface area contributed by atoms with Crippen LogP contribution in [0.25, 0.3) is 0 Å². The van der Waals surface area contributed by atoms with Crippen molar-refractivity contribution in [2.45, 2.75) is 59.7 Å². The molecule has 0 aliphatic carbocycles. The highest BCUT2D eigenvalue weighted by atomic mass is 16.5. The van der Waals surface area contributed by atoms with Gasteiger partial charge in [0, 0.05) is 17.5 Å². The number of allylic oxidation sites excluding steroid dienone is 2. The van der Waals surface area contributed by atoms with Crippen molar-refractivity contribution in [2.24, 2.45) is 0 Å². The van der Waals surface area contributed by atoms with E-state index in [4.69, 9.17) is 14.2 Å². The van der Waals surface area contributed by atoms with Crippen molar-refractivity contribution < 1.29 is 28.9 Å². The quantitative estimate of drug-likeness (QED) is 0.589. The third kappa shape index (κ3) is 4.18. The third-order valence-electron chi connectivity index (χ3n) is 4.39. The standard InChI is InChI=1S/C20H26O6/c1-11(2)26-16(21)9-7-12(3)6-8-14-18(22)17-15(10-25-20(17)23)13(4)19(14)24-5/h6,11,22H,7-10H2,1-5H3. The Labute approximate surface area is 153 Å². The van der Waals surface area contributed by atoms with Crippen LogP contribution in [0, 0.1) is 6.92 Å². The van der Waals surface area contributed by atoms with Crippen LogP contribution in [0.5, 0.6) is 11.5 Å². The minimum absolute atomic E-state index is 0.0896. The van der Waals surface area contributed by atoms with E-state index in [9.17, 15) is 14.7 Å². The van der Waals surface area contributed by atoms with E-state index in [0.29, 0.717) is 36.1 Å². The maximum absolute atomic E-state index is 11.9. The summed E-state index contributed by atoms with van der Waals surface area (Å²) in [6, 6.07) is 0. The Hall–Kier alpha value is -2.50. The summed E-state index contributed by atoms with van der Waals surface area (Å²) in [6.07, 6.45) is 3.07. The zero-order valence-electron chi connectivity index (χ0n) is 16.0. The minimum atomic E-state index is -0.512. The van der Waals surface area contributed by atoms with E-state index < -0.39 is 5.97 Å². The first kappa shape index (κ1) is 19.8. The lowest BCUT2D eigenvalue weighted by atomic mass is 9.94. The molecule has 26 heavy (non-hydrogen) atoms. The summed E-state index contributed by atoms with van der Waals surface area (Å²) in [5, 5.41) is 10.6. The number of cyclic esters (lactones) is 1. The van der Waals surface area contributed by atoms with Crippen LogP contribution in [0.3, 0.4) is 0 Å². The first-order chi connectivity index (χ1) is 12.3. The van der Waals surface area contributed by atoms with Crippen molar-refractivity contribution in [2.75, 3.05) is 7.11 Å². The van der Waals surface area contributed by atoms with Crippen molar-refractivity contribution in [1.29, 1.82) is 0 Å². The SMILES string of the molecule is COc1c(C)c2c(c(O)c1CC=C(C)CCC(=O)OC(C)C)C(=O)OC2. The van der Waals surface area contributed by atoms with Crippen molar-refractivity contribution in [1.82, 2.24) is 0 Å². The van der Waals surface area contributed by atoms with Gasteiger partial charge in [0.1, 0.15) is 23.7 Å². The van der Waals surface area contributed by atoms with Crippen LogP contribution in [0.15, 0.2) is 11.6 Å². The van der Waals surface area contributed by atoms with Crippen molar-refractivity contribution in [3.63, 3.8) is 0 Å². The van der Waals surface area contributed by atoms with Gasteiger partial charge in [-0.3, -0.25) is 4.79 Å². The number of ether oxygens (including phenoxy) is 3. The van der Waals surface area contributed by atoms with Crippen molar-refractivity contribution in [3.8, 4) is 11.5 Å². The molecule has 0 spiro atoms. The summed E-state index contributed by atoms with van der Waals surface area (Å²) < 4.78 is 15.6. The topological polar surface area (TPSA) is 82.1 Å². The van der Waals surface area contributed by atoms with Crippen LogP contribution in [-0.4, -0.2) is 30.3 Å². The fourth-order valence-electron chi connectivity index (χ4n) is 3.03. The number of hydrogen-bond donors (Lipinski definition) is 1. The lowest BCUT2D eigenvalue weighted by molar-refractivity contribution is -0.147. The van der Waals surface area contributed by atoms with Gasteiger partial charge < -0.3 is 19.3 Å². The molecule has 0 atom stereocenters. The van der Waals surface area contributed by atoms with Crippen LogP contribution in [0.4, 0.5) is 0 Å². The van der Waals surface area contributed by atoms with E-state index in [1.165, 1.54) is 7.11 Å². The van der Waals surface area contributed by atoms with Gasteiger partial charge in [-0.25, -0.2) is 4.79 Å². The number of rotatable bonds is 7. The summed E-state index contributed by atoms with van der Waals surface area (Å²) in [4.78, 5) is 23.5. The largest absolute Gasteiger partial charge is 0.507 e. The summed E-state index contributed by atoms with van der Waals surface area (Å²) in [5.74, 6) is -0.276. The molecule has 0 unspecified atom stereocenters. The molecule has 0 aromatic heterocycles. The number of benzene rings is 1. The van der Waals surface area contributed by atoms with E-state index in [0.717, 1.165) is 11.1 Å². The zero-order chi connectivity index (χ0) is 19.4. The highest BCUT2D eigenvalue weighted by molar-refractivity contribution is 5.98. The summed E-state index contributed by atoms with van der Waals surface area (Å²) in [7, 11) is 1.54. The number of methoxy groups -OCH3 is 1. The summed E-state index contributed by atoms with van der Waals surface area (Å²) >= 11 is 0. The average Bonchev–Trinajstić information content (AvgIpc) is 2.96. The molecule has 0 saturated carbocycles. The van der Waals surface area contributed by atoms with E-state index in [1.807, 2.05) is 33.8 Å². The predicted molar refractivity (Wildman–Crippen MR) is 96.4 cm³/mol.